The normalized spacial score (nSPS) is 17.4. The van der Waals surface area contributed by atoms with Gasteiger partial charge in [-0.25, -0.2) is 9.97 Å². The fourth-order valence-electron chi connectivity index (χ4n) is 2.14. The molecule has 1 atom stereocenters. The second kappa shape index (κ2) is 7.22. The summed E-state index contributed by atoms with van der Waals surface area (Å²) in [5.74, 6) is 0.713. The van der Waals surface area contributed by atoms with Gasteiger partial charge in [0.25, 0.3) is 0 Å². The summed E-state index contributed by atoms with van der Waals surface area (Å²) in [6.45, 7) is 3.90. The number of nitrogens with one attached hydrogen (secondary N) is 1. The number of carbonyl (C=O) groups excluding carboxylic acids is 1. The van der Waals surface area contributed by atoms with Crippen LogP contribution in [0.5, 0.6) is 0 Å². The molecule has 1 aromatic heterocycles. The molecule has 0 bridgehead atoms. The predicted molar refractivity (Wildman–Crippen MR) is 85.1 cm³/mol. The zero-order valence-electron chi connectivity index (χ0n) is 12.8. The molecule has 1 amide bonds. The summed E-state index contributed by atoms with van der Waals surface area (Å²) in [4.78, 5) is 20.2. The molecular formula is C15H24N4OS. The molecule has 0 spiro atoms. The number of rotatable bonds is 9. The number of hydrogen-bond acceptors (Lipinski definition) is 5. The van der Waals surface area contributed by atoms with Gasteiger partial charge in [0.1, 0.15) is 0 Å². The first-order valence-electron chi connectivity index (χ1n) is 7.49. The molecule has 0 aliphatic heterocycles. The van der Waals surface area contributed by atoms with E-state index in [0.717, 1.165) is 48.6 Å². The lowest BCUT2D eigenvalue weighted by Gasteiger charge is -2.27. The maximum absolute atomic E-state index is 11.6. The number of hydrogen-bond donors (Lipinski definition) is 2. The molecule has 0 saturated heterocycles. The van der Waals surface area contributed by atoms with E-state index in [1.165, 1.54) is 0 Å². The molecule has 0 aromatic carbocycles. The van der Waals surface area contributed by atoms with Crippen molar-refractivity contribution in [2.45, 2.75) is 62.7 Å². The molecule has 5 nitrogen and oxygen atoms in total. The number of nitrogens with two attached hydrogens (primary N) is 1. The average Bonchev–Trinajstić information content (AvgIpc) is 3.24. The van der Waals surface area contributed by atoms with Crippen LogP contribution in [0.2, 0.25) is 0 Å². The number of nitrogens with zero attached hydrogens (tertiary/aromatic N) is 2. The lowest BCUT2D eigenvalue weighted by atomic mass is 9.94. The van der Waals surface area contributed by atoms with Crippen LogP contribution in [0.15, 0.2) is 17.6 Å². The summed E-state index contributed by atoms with van der Waals surface area (Å²) < 4.78 is 0. The van der Waals surface area contributed by atoms with E-state index in [0.29, 0.717) is 6.04 Å². The smallest absolute Gasteiger partial charge is 0.237 e. The van der Waals surface area contributed by atoms with Crippen LogP contribution >= 0.6 is 11.8 Å². The molecule has 21 heavy (non-hydrogen) atoms. The van der Waals surface area contributed by atoms with Crippen LogP contribution in [0.1, 0.15) is 44.6 Å². The monoisotopic (exact) mass is 308 g/mol. The minimum absolute atomic E-state index is 0.246. The van der Waals surface area contributed by atoms with Gasteiger partial charge in [0.05, 0.1) is 5.54 Å². The van der Waals surface area contributed by atoms with Crippen LogP contribution in [0, 0.1) is 6.92 Å². The lowest BCUT2D eigenvalue weighted by molar-refractivity contribution is -0.124. The first-order chi connectivity index (χ1) is 9.99. The Morgan fingerprint density at radius 1 is 1.43 bits per heavy atom. The molecule has 1 aliphatic carbocycles. The van der Waals surface area contributed by atoms with Crippen LogP contribution in [-0.4, -0.2) is 33.2 Å². The van der Waals surface area contributed by atoms with Gasteiger partial charge in [0.15, 0.2) is 5.16 Å². The van der Waals surface area contributed by atoms with Crippen molar-refractivity contribution in [1.29, 1.82) is 0 Å². The zero-order chi connectivity index (χ0) is 15.3. The molecule has 116 valence electrons. The van der Waals surface area contributed by atoms with Crippen LogP contribution in [0.3, 0.4) is 0 Å². The molecular weight excluding hydrogens is 284 g/mol. The fraction of sp³-hybridized carbons (Fsp3) is 0.667. The van der Waals surface area contributed by atoms with Gasteiger partial charge >= 0.3 is 0 Å². The first-order valence-corrected chi connectivity index (χ1v) is 8.47. The number of aryl methyl sites for hydroxylation is 1. The molecule has 2 rings (SSSR count). The van der Waals surface area contributed by atoms with Crippen molar-refractivity contribution in [2.75, 3.05) is 5.75 Å². The van der Waals surface area contributed by atoms with Gasteiger partial charge in [0, 0.05) is 24.2 Å². The van der Waals surface area contributed by atoms with E-state index in [1.807, 2.05) is 26.2 Å². The Kier molecular flexibility index (Phi) is 5.58. The number of carbonyl (C=O) groups is 1. The van der Waals surface area contributed by atoms with Gasteiger partial charge in [-0.05, 0) is 45.1 Å². The Balaban J connectivity index is 1.67. The Bertz CT molecular complexity index is 475. The maximum atomic E-state index is 11.6. The largest absolute Gasteiger partial charge is 0.368 e. The van der Waals surface area contributed by atoms with Gasteiger partial charge < -0.3 is 11.1 Å². The van der Waals surface area contributed by atoms with E-state index >= 15 is 0 Å². The number of amides is 1. The van der Waals surface area contributed by atoms with Gasteiger partial charge in [0.2, 0.25) is 5.91 Å². The quantitative estimate of drug-likeness (QED) is 0.414. The van der Waals surface area contributed by atoms with Crippen molar-refractivity contribution < 1.29 is 4.79 Å². The SMILES string of the molecule is Cc1cnc(SCCCCC(C)(NC2CC2)C(N)=O)nc1. The highest BCUT2D eigenvalue weighted by Crippen LogP contribution is 2.25. The summed E-state index contributed by atoms with van der Waals surface area (Å²) in [6.07, 6.45) is 8.76. The summed E-state index contributed by atoms with van der Waals surface area (Å²) >= 11 is 1.66. The zero-order valence-corrected chi connectivity index (χ0v) is 13.6. The summed E-state index contributed by atoms with van der Waals surface area (Å²) in [6, 6.07) is 0.484. The van der Waals surface area contributed by atoms with E-state index in [-0.39, 0.29) is 5.91 Å². The maximum Gasteiger partial charge on any atom is 0.237 e. The topological polar surface area (TPSA) is 80.9 Å². The second-order valence-electron chi connectivity index (χ2n) is 5.96. The van der Waals surface area contributed by atoms with Crippen LogP contribution in [0.25, 0.3) is 0 Å². The number of unbranched alkanes of at least 4 members (excludes halogenated alkanes) is 1. The van der Waals surface area contributed by atoms with Crippen molar-refractivity contribution in [3.05, 3.63) is 18.0 Å². The van der Waals surface area contributed by atoms with Crippen molar-refractivity contribution in [3.63, 3.8) is 0 Å². The molecule has 1 aromatic rings. The molecule has 1 fully saturated rings. The number of aromatic nitrogens is 2. The molecule has 3 N–H and O–H groups in total. The van der Waals surface area contributed by atoms with Crippen molar-refractivity contribution in [3.8, 4) is 0 Å². The average molecular weight is 308 g/mol. The van der Waals surface area contributed by atoms with Crippen LogP contribution in [0.4, 0.5) is 0 Å². The van der Waals surface area contributed by atoms with Gasteiger partial charge in [-0.15, -0.1) is 0 Å². The number of primary amides is 1. The highest BCUT2D eigenvalue weighted by molar-refractivity contribution is 7.99. The number of thioether (sulfide) groups is 1. The Morgan fingerprint density at radius 2 is 2.10 bits per heavy atom. The van der Waals surface area contributed by atoms with E-state index in [9.17, 15) is 4.79 Å². The van der Waals surface area contributed by atoms with Gasteiger partial charge in [-0.2, -0.15) is 0 Å². The summed E-state index contributed by atoms with van der Waals surface area (Å²) in [7, 11) is 0. The Morgan fingerprint density at radius 3 is 2.67 bits per heavy atom. The molecule has 1 unspecified atom stereocenters. The minimum Gasteiger partial charge on any atom is -0.368 e. The van der Waals surface area contributed by atoms with Gasteiger partial charge in [-0.1, -0.05) is 18.2 Å². The van der Waals surface area contributed by atoms with E-state index < -0.39 is 5.54 Å². The first kappa shape index (κ1) is 16.2. The summed E-state index contributed by atoms with van der Waals surface area (Å²) in [5, 5.41) is 4.19. The Hall–Kier alpha value is -1.14. The molecule has 0 radical (unpaired) electrons. The third-order valence-electron chi connectivity index (χ3n) is 3.70. The highest BCUT2D eigenvalue weighted by atomic mass is 32.2. The molecule has 1 saturated carbocycles. The third kappa shape index (κ3) is 5.28. The predicted octanol–water partition coefficient (Wildman–Crippen LogP) is 2.04. The van der Waals surface area contributed by atoms with Crippen molar-refractivity contribution in [1.82, 2.24) is 15.3 Å². The second-order valence-corrected chi connectivity index (χ2v) is 7.03. The molecule has 1 aliphatic rings. The fourth-order valence-corrected chi connectivity index (χ4v) is 2.93. The highest BCUT2D eigenvalue weighted by Gasteiger charge is 2.36. The van der Waals surface area contributed by atoms with E-state index in [4.69, 9.17) is 5.73 Å². The lowest BCUT2D eigenvalue weighted by Crippen LogP contribution is -2.53. The van der Waals surface area contributed by atoms with Gasteiger partial charge in [-0.3, -0.25) is 4.79 Å². The minimum atomic E-state index is -0.563. The van der Waals surface area contributed by atoms with Crippen LogP contribution < -0.4 is 11.1 Å². The van der Waals surface area contributed by atoms with E-state index in [2.05, 4.69) is 15.3 Å². The summed E-state index contributed by atoms with van der Waals surface area (Å²) in [5.41, 5.74) is 6.05. The van der Waals surface area contributed by atoms with Crippen LogP contribution in [-0.2, 0) is 4.79 Å². The van der Waals surface area contributed by atoms with Crippen molar-refractivity contribution >= 4 is 17.7 Å². The third-order valence-corrected chi connectivity index (χ3v) is 4.67. The van der Waals surface area contributed by atoms with Crippen molar-refractivity contribution in [2.24, 2.45) is 5.73 Å². The molecule has 6 heteroatoms. The standard InChI is InChI=1S/C15H24N4OS/c1-11-9-17-14(18-10-11)21-8-4-3-7-15(2,13(16)20)19-12-5-6-12/h9-10,12,19H,3-8H2,1-2H3,(H2,16,20). The van der Waals surface area contributed by atoms with E-state index in [1.54, 1.807) is 11.8 Å². The Labute approximate surface area is 130 Å². The molecule has 1 heterocycles.